The van der Waals surface area contributed by atoms with E-state index in [1.165, 1.54) is 19.2 Å². The first-order valence-corrected chi connectivity index (χ1v) is 7.90. The molecule has 1 amide bonds. The van der Waals surface area contributed by atoms with E-state index in [4.69, 9.17) is 20.4 Å². The summed E-state index contributed by atoms with van der Waals surface area (Å²) >= 11 is 0. The lowest BCUT2D eigenvalue weighted by atomic mass is 10.2. The second-order valence-electron chi connectivity index (χ2n) is 5.72. The molecule has 0 spiro atoms. The van der Waals surface area contributed by atoms with E-state index in [-0.39, 0.29) is 11.7 Å². The minimum Gasteiger partial charge on any atom is -0.494 e. The van der Waals surface area contributed by atoms with Gasteiger partial charge in [-0.3, -0.25) is 4.79 Å². The fraction of sp³-hybridized carbons (Fsp3) is 0.500. The second kappa shape index (κ2) is 9.40. The monoisotopic (exact) mass is 395 g/mol. The zero-order valence-electron chi connectivity index (χ0n) is 14.8. The zero-order valence-corrected chi connectivity index (χ0v) is 14.8. The Hall–Kier alpha value is -2.56. The molecule has 11 heteroatoms. The number of amides is 1. The third kappa shape index (κ3) is 6.59. The molecule has 0 radical (unpaired) electrons. The molecule has 1 aliphatic rings. The van der Waals surface area contributed by atoms with Gasteiger partial charge in [0.1, 0.15) is 11.6 Å². The van der Waals surface area contributed by atoms with E-state index >= 15 is 0 Å². The minimum atomic E-state index is -5.08. The first-order valence-electron chi connectivity index (χ1n) is 7.90. The summed E-state index contributed by atoms with van der Waals surface area (Å²) in [4.78, 5) is 24.6. The van der Waals surface area contributed by atoms with E-state index in [1.807, 2.05) is 0 Å². The molecule has 0 saturated carbocycles. The van der Waals surface area contributed by atoms with Crippen LogP contribution in [-0.2, 0) is 9.59 Å². The number of carboxylic acids is 1. The Morgan fingerprint density at radius 1 is 1.22 bits per heavy atom. The molecule has 1 saturated heterocycles. The molecule has 1 aromatic carbocycles. The Bertz CT molecular complexity index is 660. The summed E-state index contributed by atoms with van der Waals surface area (Å²) in [5, 5.41) is 7.12. The lowest BCUT2D eigenvalue weighted by molar-refractivity contribution is -0.192. The number of hydrogen-bond acceptors (Lipinski definition) is 5. The molecule has 3 N–H and O–H groups in total. The van der Waals surface area contributed by atoms with Crippen molar-refractivity contribution in [2.24, 2.45) is 5.73 Å². The molecular weight excluding hydrogens is 374 g/mol. The van der Waals surface area contributed by atoms with Gasteiger partial charge in [0.2, 0.25) is 5.91 Å². The van der Waals surface area contributed by atoms with E-state index in [2.05, 4.69) is 4.90 Å². The number of ether oxygens (including phenoxy) is 1. The number of nitrogens with zero attached hydrogens (tertiary/aromatic N) is 2. The zero-order chi connectivity index (χ0) is 20.8. The quantitative estimate of drug-likeness (QED) is 0.753. The Morgan fingerprint density at radius 3 is 2.15 bits per heavy atom. The van der Waals surface area contributed by atoms with Crippen molar-refractivity contribution in [2.45, 2.75) is 19.1 Å². The normalized spacial score (nSPS) is 15.5. The average molecular weight is 395 g/mol. The van der Waals surface area contributed by atoms with Crippen molar-refractivity contribution in [2.75, 3.05) is 38.2 Å². The molecule has 1 aliphatic heterocycles. The van der Waals surface area contributed by atoms with Gasteiger partial charge in [-0.2, -0.15) is 13.2 Å². The third-order valence-electron chi connectivity index (χ3n) is 3.71. The van der Waals surface area contributed by atoms with Crippen molar-refractivity contribution < 1.29 is 37.0 Å². The van der Waals surface area contributed by atoms with Crippen molar-refractivity contribution >= 4 is 17.6 Å². The van der Waals surface area contributed by atoms with Crippen LogP contribution in [0, 0.1) is 5.82 Å². The van der Waals surface area contributed by atoms with E-state index in [0.717, 1.165) is 5.69 Å². The van der Waals surface area contributed by atoms with Gasteiger partial charge >= 0.3 is 12.1 Å². The van der Waals surface area contributed by atoms with Crippen molar-refractivity contribution in [3.05, 3.63) is 24.0 Å². The fourth-order valence-electron chi connectivity index (χ4n) is 2.37. The highest BCUT2D eigenvalue weighted by Gasteiger charge is 2.38. The molecule has 1 aromatic rings. The van der Waals surface area contributed by atoms with Gasteiger partial charge in [-0.25, -0.2) is 9.18 Å². The Kier molecular flexibility index (Phi) is 7.82. The van der Waals surface area contributed by atoms with E-state index in [0.29, 0.717) is 31.9 Å². The van der Waals surface area contributed by atoms with Gasteiger partial charge in [-0.1, -0.05) is 0 Å². The number of nitrogens with two attached hydrogens (primary N) is 1. The number of carbonyl (C=O) groups excluding carboxylic acids is 1. The maximum Gasteiger partial charge on any atom is 0.490 e. The minimum absolute atomic E-state index is 0.0317. The molecule has 0 aliphatic carbocycles. The van der Waals surface area contributed by atoms with Crippen LogP contribution < -0.4 is 15.4 Å². The first-order chi connectivity index (χ1) is 12.5. The summed E-state index contributed by atoms with van der Waals surface area (Å²) in [7, 11) is 1.52. The third-order valence-corrected chi connectivity index (χ3v) is 3.71. The fourth-order valence-corrected chi connectivity index (χ4v) is 2.37. The van der Waals surface area contributed by atoms with Crippen LogP contribution in [0.25, 0.3) is 0 Å². The van der Waals surface area contributed by atoms with Crippen molar-refractivity contribution in [3.8, 4) is 5.75 Å². The van der Waals surface area contributed by atoms with Crippen LogP contribution >= 0.6 is 0 Å². The molecule has 2 rings (SSSR count). The van der Waals surface area contributed by atoms with E-state index < -0.39 is 18.2 Å². The number of piperazine rings is 1. The molecule has 27 heavy (non-hydrogen) atoms. The predicted octanol–water partition coefficient (Wildman–Crippen LogP) is 1.46. The summed E-state index contributed by atoms with van der Waals surface area (Å²) in [6.45, 7) is 4.28. The molecule has 152 valence electrons. The average Bonchev–Trinajstić information content (AvgIpc) is 2.60. The first kappa shape index (κ1) is 22.5. The van der Waals surface area contributed by atoms with Crippen LogP contribution in [0.2, 0.25) is 0 Å². The number of anilines is 1. The Labute approximate surface area is 153 Å². The summed E-state index contributed by atoms with van der Waals surface area (Å²) < 4.78 is 50.1. The number of carbonyl (C=O) groups is 2. The number of alkyl halides is 3. The smallest absolute Gasteiger partial charge is 0.490 e. The summed E-state index contributed by atoms with van der Waals surface area (Å²) in [6.07, 6.45) is -5.08. The van der Waals surface area contributed by atoms with Crippen LogP contribution in [0.4, 0.5) is 23.2 Å². The molecular formula is C16H21F4N3O4. The molecule has 0 bridgehead atoms. The molecule has 1 atom stereocenters. The van der Waals surface area contributed by atoms with Crippen LogP contribution in [0.1, 0.15) is 6.92 Å². The van der Waals surface area contributed by atoms with Crippen molar-refractivity contribution in [3.63, 3.8) is 0 Å². The van der Waals surface area contributed by atoms with Gasteiger partial charge < -0.3 is 25.4 Å². The molecule has 7 nitrogen and oxygen atoms in total. The number of halogens is 4. The van der Waals surface area contributed by atoms with Gasteiger partial charge in [-0.15, -0.1) is 0 Å². The predicted molar refractivity (Wildman–Crippen MR) is 89.1 cm³/mol. The van der Waals surface area contributed by atoms with E-state index in [9.17, 15) is 22.4 Å². The Morgan fingerprint density at radius 2 is 1.74 bits per heavy atom. The Balaban J connectivity index is 0.000000445. The van der Waals surface area contributed by atoms with Crippen LogP contribution in [-0.4, -0.2) is 67.4 Å². The van der Waals surface area contributed by atoms with Gasteiger partial charge in [0.15, 0.2) is 0 Å². The highest BCUT2D eigenvalue weighted by atomic mass is 19.4. The lowest BCUT2D eigenvalue weighted by Gasteiger charge is -2.37. The van der Waals surface area contributed by atoms with Gasteiger partial charge in [-0.05, 0) is 19.1 Å². The van der Waals surface area contributed by atoms with Gasteiger partial charge in [0.25, 0.3) is 0 Å². The summed E-state index contributed by atoms with van der Waals surface area (Å²) in [5.74, 6) is -2.60. The number of methoxy groups -OCH3 is 1. The van der Waals surface area contributed by atoms with Crippen molar-refractivity contribution in [1.29, 1.82) is 0 Å². The lowest BCUT2D eigenvalue weighted by Crippen LogP contribution is -2.52. The summed E-state index contributed by atoms with van der Waals surface area (Å²) in [6, 6.07) is 4.02. The van der Waals surface area contributed by atoms with E-state index in [1.54, 1.807) is 17.9 Å². The number of hydrogen-bond donors (Lipinski definition) is 2. The number of rotatable bonds is 3. The van der Waals surface area contributed by atoms with Crippen LogP contribution in [0.3, 0.4) is 0 Å². The maximum absolute atomic E-state index is 13.2. The SMILES string of the molecule is COc1cc(F)ccc1N1CCN(C(=O)C(C)N)CC1.O=C(O)C(F)(F)F. The molecule has 1 heterocycles. The second-order valence-corrected chi connectivity index (χ2v) is 5.72. The topological polar surface area (TPSA) is 96.1 Å². The molecule has 1 fully saturated rings. The van der Waals surface area contributed by atoms with Crippen LogP contribution in [0.15, 0.2) is 18.2 Å². The summed E-state index contributed by atoms with van der Waals surface area (Å²) in [5.41, 5.74) is 6.46. The highest BCUT2D eigenvalue weighted by molar-refractivity contribution is 5.81. The van der Waals surface area contributed by atoms with Crippen LogP contribution in [0.5, 0.6) is 5.75 Å². The largest absolute Gasteiger partial charge is 0.494 e. The molecule has 0 aromatic heterocycles. The molecule has 1 unspecified atom stereocenters. The van der Waals surface area contributed by atoms with Crippen molar-refractivity contribution in [1.82, 2.24) is 4.90 Å². The number of carboxylic acid groups (broad SMARTS) is 1. The van der Waals surface area contributed by atoms with Gasteiger partial charge in [0.05, 0.1) is 18.8 Å². The number of aliphatic carboxylic acids is 1. The van der Waals surface area contributed by atoms with Gasteiger partial charge in [0, 0.05) is 32.2 Å². The standard InChI is InChI=1S/C14H20FN3O2.C2HF3O2/c1-10(16)14(19)18-7-5-17(6-8-18)12-4-3-11(15)9-13(12)20-2;3-2(4,5)1(6)7/h3-4,9-10H,5-8,16H2,1-2H3;(H,6,7). The maximum atomic E-state index is 13.2. The number of benzene rings is 1. The highest BCUT2D eigenvalue weighted by Crippen LogP contribution is 2.29.